The Kier molecular flexibility index (Phi) is 5.38. The van der Waals surface area contributed by atoms with Crippen LogP contribution in [0, 0.1) is 0 Å². The lowest BCUT2D eigenvalue weighted by Crippen LogP contribution is -2.24. The molecule has 2 aromatic rings. The molecule has 0 fully saturated rings. The van der Waals surface area contributed by atoms with Crippen LogP contribution in [0.5, 0.6) is 0 Å². The number of amides is 1. The number of rotatable bonds is 7. The molecular formula is C16H21N3O. The van der Waals surface area contributed by atoms with Crippen molar-refractivity contribution in [2.24, 2.45) is 5.73 Å². The molecule has 0 atom stereocenters. The van der Waals surface area contributed by atoms with E-state index in [1.54, 1.807) is 0 Å². The van der Waals surface area contributed by atoms with Gasteiger partial charge in [-0.3, -0.25) is 4.79 Å². The first-order valence-corrected chi connectivity index (χ1v) is 7.03. The average molecular weight is 271 g/mol. The molecule has 20 heavy (non-hydrogen) atoms. The van der Waals surface area contributed by atoms with E-state index in [0.29, 0.717) is 12.1 Å². The number of aromatic nitrogens is 1. The van der Waals surface area contributed by atoms with Gasteiger partial charge >= 0.3 is 0 Å². The minimum atomic E-state index is -0.0168. The number of hydrogen-bond acceptors (Lipinski definition) is 2. The molecule has 106 valence electrons. The van der Waals surface area contributed by atoms with Crippen molar-refractivity contribution in [1.82, 2.24) is 9.88 Å². The molecule has 1 aromatic heterocycles. The van der Waals surface area contributed by atoms with Gasteiger partial charge < -0.3 is 15.6 Å². The Hall–Kier alpha value is -2.07. The number of hydrogen-bond donors (Lipinski definition) is 2. The van der Waals surface area contributed by atoms with Gasteiger partial charge in [0.2, 0.25) is 0 Å². The van der Waals surface area contributed by atoms with E-state index < -0.39 is 0 Å². The van der Waals surface area contributed by atoms with Crippen LogP contribution < -0.4 is 11.1 Å². The maximum absolute atomic E-state index is 11.9. The molecule has 4 nitrogen and oxygen atoms in total. The van der Waals surface area contributed by atoms with Gasteiger partial charge in [-0.05, 0) is 55.8 Å². The molecule has 0 aliphatic heterocycles. The largest absolute Gasteiger partial charge is 0.352 e. The highest BCUT2D eigenvalue weighted by atomic mass is 16.1. The summed E-state index contributed by atoms with van der Waals surface area (Å²) in [6.07, 6.45) is 7.01. The number of nitrogens with two attached hydrogens (primary N) is 1. The monoisotopic (exact) mass is 271 g/mol. The van der Waals surface area contributed by atoms with Crippen LogP contribution in [0.2, 0.25) is 0 Å². The number of benzene rings is 1. The predicted molar refractivity (Wildman–Crippen MR) is 81.0 cm³/mol. The first kappa shape index (κ1) is 14.3. The first-order valence-electron chi connectivity index (χ1n) is 7.03. The molecule has 0 saturated heterocycles. The normalized spacial score (nSPS) is 10.4. The van der Waals surface area contributed by atoms with E-state index in [4.69, 9.17) is 5.73 Å². The molecule has 0 aliphatic carbocycles. The summed E-state index contributed by atoms with van der Waals surface area (Å²) in [6, 6.07) is 11.5. The van der Waals surface area contributed by atoms with Crippen molar-refractivity contribution in [3.8, 4) is 5.69 Å². The summed E-state index contributed by atoms with van der Waals surface area (Å²) in [5.41, 5.74) is 7.17. The molecule has 2 rings (SSSR count). The number of carbonyl (C=O) groups is 1. The molecule has 0 aliphatic rings. The first-order chi connectivity index (χ1) is 9.81. The maximum Gasteiger partial charge on any atom is 0.251 e. The Bertz CT molecular complexity index is 517. The van der Waals surface area contributed by atoms with Crippen molar-refractivity contribution >= 4 is 5.91 Å². The van der Waals surface area contributed by atoms with E-state index in [2.05, 4.69) is 5.32 Å². The fourth-order valence-corrected chi connectivity index (χ4v) is 2.04. The Labute approximate surface area is 119 Å². The van der Waals surface area contributed by atoms with Gasteiger partial charge in [-0.15, -0.1) is 0 Å². The lowest BCUT2D eigenvalue weighted by Gasteiger charge is -2.07. The molecule has 1 aromatic carbocycles. The summed E-state index contributed by atoms with van der Waals surface area (Å²) in [5.74, 6) is -0.0168. The van der Waals surface area contributed by atoms with Gasteiger partial charge in [-0.1, -0.05) is 6.42 Å². The van der Waals surface area contributed by atoms with Crippen LogP contribution in [-0.2, 0) is 0 Å². The van der Waals surface area contributed by atoms with E-state index in [1.165, 1.54) is 0 Å². The topological polar surface area (TPSA) is 60.0 Å². The van der Waals surface area contributed by atoms with E-state index in [9.17, 15) is 4.79 Å². The van der Waals surface area contributed by atoms with Gasteiger partial charge in [0, 0.05) is 30.2 Å². The Morgan fingerprint density at radius 1 is 1.05 bits per heavy atom. The van der Waals surface area contributed by atoms with Crippen LogP contribution in [0.15, 0.2) is 48.8 Å². The number of nitrogens with zero attached hydrogens (tertiary/aromatic N) is 1. The summed E-state index contributed by atoms with van der Waals surface area (Å²) in [6.45, 7) is 1.42. The molecule has 3 N–H and O–H groups in total. The van der Waals surface area contributed by atoms with Crippen LogP contribution in [0.1, 0.15) is 29.6 Å². The third-order valence-corrected chi connectivity index (χ3v) is 3.20. The molecule has 1 heterocycles. The lowest BCUT2D eigenvalue weighted by molar-refractivity contribution is 0.0953. The van der Waals surface area contributed by atoms with Gasteiger partial charge in [0.05, 0.1) is 0 Å². The highest BCUT2D eigenvalue weighted by Crippen LogP contribution is 2.10. The van der Waals surface area contributed by atoms with Crippen LogP contribution in [-0.4, -0.2) is 23.6 Å². The minimum Gasteiger partial charge on any atom is -0.352 e. The van der Waals surface area contributed by atoms with Crippen LogP contribution in [0.25, 0.3) is 5.69 Å². The van der Waals surface area contributed by atoms with E-state index in [-0.39, 0.29) is 5.91 Å². The second kappa shape index (κ2) is 7.50. The molecule has 1 amide bonds. The zero-order chi connectivity index (χ0) is 14.2. The van der Waals surface area contributed by atoms with Gasteiger partial charge in [-0.25, -0.2) is 0 Å². The zero-order valence-corrected chi connectivity index (χ0v) is 11.6. The Morgan fingerprint density at radius 3 is 2.40 bits per heavy atom. The van der Waals surface area contributed by atoms with Crippen molar-refractivity contribution in [1.29, 1.82) is 0 Å². The van der Waals surface area contributed by atoms with Crippen LogP contribution >= 0.6 is 0 Å². The zero-order valence-electron chi connectivity index (χ0n) is 11.6. The Balaban J connectivity index is 1.85. The summed E-state index contributed by atoms with van der Waals surface area (Å²) >= 11 is 0. The second-order valence-electron chi connectivity index (χ2n) is 4.74. The van der Waals surface area contributed by atoms with E-state index in [0.717, 1.165) is 31.5 Å². The SMILES string of the molecule is NCCCCCNC(=O)c1ccc(-n2cccc2)cc1. The molecule has 0 bridgehead atoms. The standard InChI is InChI=1S/C16H21N3O/c17-10-2-1-3-11-18-16(20)14-6-8-15(9-7-14)19-12-4-5-13-19/h4-9,12-13H,1-3,10-11,17H2,(H,18,20). The summed E-state index contributed by atoms with van der Waals surface area (Å²) < 4.78 is 2.01. The summed E-state index contributed by atoms with van der Waals surface area (Å²) in [7, 11) is 0. The predicted octanol–water partition coefficient (Wildman–Crippen LogP) is 2.34. The molecule has 0 unspecified atom stereocenters. The van der Waals surface area contributed by atoms with Crippen molar-refractivity contribution in [3.63, 3.8) is 0 Å². The smallest absolute Gasteiger partial charge is 0.251 e. The number of carbonyl (C=O) groups excluding carboxylic acids is 1. The minimum absolute atomic E-state index is 0.0168. The molecule has 0 radical (unpaired) electrons. The van der Waals surface area contributed by atoms with Crippen LogP contribution in [0.4, 0.5) is 0 Å². The molecule has 0 spiro atoms. The van der Waals surface area contributed by atoms with Crippen LogP contribution in [0.3, 0.4) is 0 Å². The third-order valence-electron chi connectivity index (χ3n) is 3.20. The van der Waals surface area contributed by atoms with E-state index >= 15 is 0 Å². The van der Waals surface area contributed by atoms with Crippen molar-refractivity contribution in [3.05, 3.63) is 54.4 Å². The van der Waals surface area contributed by atoms with Gasteiger partial charge in [0.15, 0.2) is 0 Å². The summed E-state index contributed by atoms with van der Waals surface area (Å²) in [4.78, 5) is 11.9. The lowest BCUT2D eigenvalue weighted by atomic mass is 10.2. The number of unbranched alkanes of at least 4 members (excludes halogenated alkanes) is 2. The van der Waals surface area contributed by atoms with Crippen molar-refractivity contribution < 1.29 is 4.79 Å². The Morgan fingerprint density at radius 2 is 1.75 bits per heavy atom. The number of nitrogens with one attached hydrogen (secondary N) is 1. The second-order valence-corrected chi connectivity index (χ2v) is 4.74. The highest BCUT2D eigenvalue weighted by Gasteiger charge is 2.04. The molecule has 4 heteroatoms. The van der Waals surface area contributed by atoms with Crippen molar-refractivity contribution in [2.45, 2.75) is 19.3 Å². The fraction of sp³-hybridized carbons (Fsp3) is 0.312. The summed E-state index contributed by atoms with van der Waals surface area (Å²) in [5, 5.41) is 2.93. The maximum atomic E-state index is 11.9. The van der Waals surface area contributed by atoms with Gasteiger partial charge in [0.1, 0.15) is 0 Å². The molecule has 0 saturated carbocycles. The average Bonchev–Trinajstić information content (AvgIpc) is 3.01. The van der Waals surface area contributed by atoms with E-state index in [1.807, 2.05) is 53.4 Å². The van der Waals surface area contributed by atoms with Crippen molar-refractivity contribution in [2.75, 3.05) is 13.1 Å². The van der Waals surface area contributed by atoms with Gasteiger partial charge in [0.25, 0.3) is 5.91 Å². The quantitative estimate of drug-likeness (QED) is 0.759. The third kappa shape index (κ3) is 3.96. The highest BCUT2D eigenvalue weighted by molar-refractivity contribution is 5.94. The van der Waals surface area contributed by atoms with Gasteiger partial charge in [-0.2, -0.15) is 0 Å². The molecular weight excluding hydrogens is 250 g/mol. The fourth-order valence-electron chi connectivity index (χ4n) is 2.04.